The number of benzene rings is 1. The second kappa shape index (κ2) is 5.28. The predicted octanol–water partition coefficient (Wildman–Crippen LogP) is 3.65. The zero-order chi connectivity index (χ0) is 13.9. The molecule has 3 nitrogen and oxygen atoms in total. The fourth-order valence-corrected chi connectivity index (χ4v) is 2.05. The van der Waals surface area contributed by atoms with E-state index < -0.39 is 11.7 Å². The molecule has 2 rings (SSSR count). The van der Waals surface area contributed by atoms with Gasteiger partial charge in [0, 0.05) is 16.8 Å². The van der Waals surface area contributed by atoms with Crippen LogP contribution in [0.15, 0.2) is 29.9 Å². The Morgan fingerprint density at radius 3 is 2.74 bits per heavy atom. The van der Waals surface area contributed by atoms with Crippen molar-refractivity contribution in [2.24, 2.45) is 0 Å². The first-order valence-electron chi connectivity index (χ1n) is 5.23. The highest BCUT2D eigenvalue weighted by Gasteiger charge is 2.33. The molecule has 2 aromatic rings. The Morgan fingerprint density at radius 2 is 2.16 bits per heavy atom. The number of nitrogens with zero attached hydrogens (tertiary/aromatic N) is 2. The van der Waals surface area contributed by atoms with Gasteiger partial charge in [-0.1, -0.05) is 0 Å². The van der Waals surface area contributed by atoms with E-state index in [9.17, 15) is 13.2 Å². The lowest BCUT2D eigenvalue weighted by Crippen LogP contribution is -2.08. The Bertz CT molecular complexity index is 600. The minimum absolute atomic E-state index is 0.387. The van der Waals surface area contributed by atoms with E-state index >= 15 is 0 Å². The zero-order valence-corrected chi connectivity index (χ0v) is 10.3. The number of hydrogen-bond donors (Lipinski definition) is 1. The van der Waals surface area contributed by atoms with Gasteiger partial charge in [0.25, 0.3) is 0 Å². The van der Waals surface area contributed by atoms with Gasteiger partial charge in [-0.25, -0.2) is 0 Å². The summed E-state index contributed by atoms with van der Waals surface area (Å²) in [6.45, 7) is 0.459. The number of nitrogens with one attached hydrogen (secondary N) is 1. The van der Waals surface area contributed by atoms with Crippen LogP contribution in [-0.2, 0) is 12.7 Å². The summed E-state index contributed by atoms with van der Waals surface area (Å²) in [5.74, 6) is 0. The highest BCUT2D eigenvalue weighted by atomic mass is 32.1. The van der Waals surface area contributed by atoms with Gasteiger partial charge < -0.3 is 5.32 Å². The normalized spacial score (nSPS) is 11.1. The first-order valence-corrected chi connectivity index (χ1v) is 6.11. The molecule has 0 spiro atoms. The molecule has 1 aromatic heterocycles. The van der Waals surface area contributed by atoms with Crippen molar-refractivity contribution in [3.63, 3.8) is 0 Å². The quantitative estimate of drug-likeness (QED) is 0.935. The monoisotopic (exact) mass is 283 g/mol. The Kier molecular flexibility index (Phi) is 3.71. The van der Waals surface area contributed by atoms with E-state index in [2.05, 4.69) is 10.3 Å². The molecular formula is C12H8F3N3S. The molecule has 1 N–H and O–H groups in total. The Labute approximate surface area is 111 Å². The Balaban J connectivity index is 2.18. The van der Waals surface area contributed by atoms with Crippen LogP contribution in [0.3, 0.4) is 0 Å². The molecule has 0 aliphatic heterocycles. The molecule has 19 heavy (non-hydrogen) atoms. The van der Waals surface area contributed by atoms with Crippen LogP contribution in [0.4, 0.5) is 18.9 Å². The molecule has 1 aromatic carbocycles. The number of alkyl halides is 3. The van der Waals surface area contributed by atoms with E-state index in [-0.39, 0.29) is 5.56 Å². The first kappa shape index (κ1) is 13.4. The van der Waals surface area contributed by atoms with Gasteiger partial charge in [-0.15, -0.1) is 11.3 Å². The summed E-state index contributed by atoms with van der Waals surface area (Å²) >= 11 is 1.44. The van der Waals surface area contributed by atoms with Crippen molar-refractivity contribution in [2.45, 2.75) is 12.7 Å². The van der Waals surface area contributed by atoms with Crippen LogP contribution in [0.25, 0.3) is 0 Å². The largest absolute Gasteiger partial charge is 0.417 e. The van der Waals surface area contributed by atoms with Crippen LogP contribution in [0.1, 0.15) is 16.0 Å². The number of anilines is 1. The van der Waals surface area contributed by atoms with Crippen molar-refractivity contribution in [1.29, 1.82) is 5.26 Å². The first-order chi connectivity index (χ1) is 9.00. The number of thiazole rings is 1. The van der Waals surface area contributed by atoms with Gasteiger partial charge in [-0.2, -0.15) is 18.4 Å². The SMILES string of the molecule is N#Cc1cc(NCc2cncs2)ccc1C(F)(F)F. The average Bonchev–Trinajstić information content (AvgIpc) is 2.88. The smallest absolute Gasteiger partial charge is 0.380 e. The highest BCUT2D eigenvalue weighted by Crippen LogP contribution is 2.33. The maximum absolute atomic E-state index is 12.6. The molecule has 0 saturated heterocycles. The molecule has 0 amide bonds. The summed E-state index contributed by atoms with van der Waals surface area (Å²) in [4.78, 5) is 4.85. The lowest BCUT2D eigenvalue weighted by Gasteiger charge is -2.11. The molecule has 0 bridgehead atoms. The van der Waals surface area contributed by atoms with Crippen molar-refractivity contribution in [2.75, 3.05) is 5.32 Å². The molecule has 0 radical (unpaired) electrons. The minimum atomic E-state index is -4.51. The molecule has 0 unspecified atom stereocenters. The molecule has 0 aliphatic carbocycles. The third-order valence-corrected chi connectivity index (χ3v) is 3.18. The minimum Gasteiger partial charge on any atom is -0.380 e. The molecule has 7 heteroatoms. The summed E-state index contributed by atoms with van der Waals surface area (Å²) < 4.78 is 37.8. The Morgan fingerprint density at radius 1 is 1.37 bits per heavy atom. The second-order valence-electron chi connectivity index (χ2n) is 3.69. The summed E-state index contributed by atoms with van der Waals surface area (Å²) in [5.41, 5.74) is 0.836. The number of halogens is 3. The average molecular weight is 283 g/mol. The van der Waals surface area contributed by atoms with E-state index in [0.717, 1.165) is 10.9 Å². The van der Waals surface area contributed by atoms with E-state index in [0.29, 0.717) is 12.2 Å². The van der Waals surface area contributed by atoms with Gasteiger partial charge in [0.2, 0.25) is 0 Å². The topological polar surface area (TPSA) is 48.7 Å². The number of hydrogen-bond acceptors (Lipinski definition) is 4. The lowest BCUT2D eigenvalue weighted by molar-refractivity contribution is -0.137. The van der Waals surface area contributed by atoms with Crippen molar-refractivity contribution in [3.8, 4) is 6.07 Å². The van der Waals surface area contributed by atoms with Gasteiger partial charge in [0.1, 0.15) is 0 Å². The van der Waals surface area contributed by atoms with Gasteiger partial charge >= 0.3 is 6.18 Å². The molecule has 1 heterocycles. The number of aromatic nitrogens is 1. The molecular weight excluding hydrogens is 275 g/mol. The summed E-state index contributed by atoms with van der Waals surface area (Å²) in [7, 11) is 0. The van der Waals surface area contributed by atoms with Crippen LogP contribution < -0.4 is 5.32 Å². The van der Waals surface area contributed by atoms with Gasteiger partial charge in [-0.3, -0.25) is 4.98 Å². The molecule has 0 fully saturated rings. The standard InChI is InChI=1S/C12H8F3N3S/c13-12(14,15)11-2-1-9(3-8(11)4-16)18-6-10-5-17-7-19-10/h1-3,5,7,18H,6H2. The van der Waals surface area contributed by atoms with Gasteiger partial charge in [-0.05, 0) is 18.2 Å². The third kappa shape index (κ3) is 3.23. The molecule has 0 atom stereocenters. The predicted molar refractivity (Wildman–Crippen MR) is 65.6 cm³/mol. The molecule has 0 saturated carbocycles. The van der Waals surface area contributed by atoms with Crippen LogP contribution in [-0.4, -0.2) is 4.98 Å². The molecule has 0 aliphatic rings. The fraction of sp³-hybridized carbons (Fsp3) is 0.167. The number of nitriles is 1. The van der Waals surface area contributed by atoms with E-state index in [1.165, 1.54) is 23.5 Å². The summed E-state index contributed by atoms with van der Waals surface area (Å²) in [6, 6.07) is 4.98. The van der Waals surface area contributed by atoms with E-state index in [1.807, 2.05) is 0 Å². The van der Waals surface area contributed by atoms with Crippen molar-refractivity contribution in [1.82, 2.24) is 4.98 Å². The molecule has 98 valence electrons. The van der Waals surface area contributed by atoms with Crippen LogP contribution in [0.5, 0.6) is 0 Å². The fourth-order valence-electron chi connectivity index (χ4n) is 1.51. The van der Waals surface area contributed by atoms with Crippen LogP contribution in [0, 0.1) is 11.3 Å². The van der Waals surface area contributed by atoms with Crippen LogP contribution in [0.2, 0.25) is 0 Å². The van der Waals surface area contributed by atoms with Gasteiger partial charge in [0.15, 0.2) is 0 Å². The Hall–Kier alpha value is -2.07. The second-order valence-corrected chi connectivity index (χ2v) is 4.66. The highest BCUT2D eigenvalue weighted by molar-refractivity contribution is 7.09. The number of rotatable bonds is 3. The lowest BCUT2D eigenvalue weighted by atomic mass is 10.1. The van der Waals surface area contributed by atoms with Crippen molar-refractivity contribution >= 4 is 17.0 Å². The maximum Gasteiger partial charge on any atom is 0.417 e. The van der Waals surface area contributed by atoms with E-state index in [4.69, 9.17) is 5.26 Å². The van der Waals surface area contributed by atoms with Gasteiger partial charge in [0.05, 0.1) is 29.3 Å². The summed E-state index contributed by atoms with van der Waals surface area (Å²) in [5, 5.41) is 11.7. The van der Waals surface area contributed by atoms with Crippen molar-refractivity contribution < 1.29 is 13.2 Å². The van der Waals surface area contributed by atoms with Crippen LogP contribution >= 0.6 is 11.3 Å². The zero-order valence-electron chi connectivity index (χ0n) is 9.53. The third-order valence-electron chi connectivity index (χ3n) is 2.40. The summed E-state index contributed by atoms with van der Waals surface area (Å²) in [6.07, 6.45) is -2.84. The van der Waals surface area contributed by atoms with Crippen molar-refractivity contribution in [3.05, 3.63) is 45.9 Å². The maximum atomic E-state index is 12.6. The van der Waals surface area contributed by atoms with E-state index in [1.54, 1.807) is 17.8 Å².